The van der Waals surface area contributed by atoms with Gasteiger partial charge in [-0.3, -0.25) is 0 Å². The van der Waals surface area contributed by atoms with Crippen molar-refractivity contribution in [2.24, 2.45) is 0 Å². The predicted octanol–water partition coefficient (Wildman–Crippen LogP) is -2.74. The third-order valence-electron chi connectivity index (χ3n) is 0.945. The molecule has 0 spiro atoms. The molecule has 0 aliphatic rings. The van der Waals surface area contributed by atoms with Crippen LogP contribution in [0, 0.1) is 0 Å². The monoisotopic (exact) mass is 152 g/mol. The summed E-state index contributed by atoms with van der Waals surface area (Å²) in [5.41, 5.74) is 0. The summed E-state index contributed by atoms with van der Waals surface area (Å²) in [7, 11) is 0. The summed E-state index contributed by atoms with van der Waals surface area (Å²) in [6, 6.07) is 0. The van der Waals surface area contributed by atoms with Gasteiger partial charge < -0.3 is 25.2 Å². The normalized spacial score (nSPS) is 24.0. The van der Waals surface area contributed by atoms with Crippen molar-refractivity contribution in [1.29, 1.82) is 0 Å². The number of carbonyl (C=O) groups is 1. The molecule has 3 atom stereocenters. The lowest BCUT2D eigenvalue weighted by atomic mass is 10.1. The Hall–Kier alpha value is -0.490. The van der Waals surface area contributed by atoms with Gasteiger partial charge in [0.05, 0.1) is 9.30 Å². The van der Waals surface area contributed by atoms with Crippen LogP contribution in [-0.2, 0) is 4.79 Å². The Labute approximate surface area is 60.3 Å². The highest BCUT2D eigenvalue weighted by Gasteiger charge is 2.22. The van der Waals surface area contributed by atoms with Crippen LogP contribution in [0.2, 0.25) is 0 Å². The summed E-state index contributed by atoms with van der Waals surface area (Å²) in [6.07, 6.45) is -6.25. The molecule has 4 N–H and O–H groups in total. The summed E-state index contributed by atoms with van der Waals surface area (Å²) >= 11 is 0. The van der Waals surface area contributed by atoms with Gasteiger partial charge in [0, 0.05) is 0 Å². The first-order valence-corrected chi connectivity index (χ1v) is 2.52. The van der Waals surface area contributed by atoms with Gasteiger partial charge in [-0.05, 0) is 0 Å². The van der Waals surface area contributed by atoms with Crippen LogP contribution in [0.1, 0.15) is 2.74 Å². The Morgan fingerprint density at radius 1 is 1.50 bits per heavy atom. The number of rotatable bonds is 4. The molecule has 0 rings (SSSR count). The number of carbonyl (C=O) groups excluding carboxylic acids is 1. The van der Waals surface area contributed by atoms with Crippen molar-refractivity contribution in [3.63, 3.8) is 0 Å². The molecule has 0 unspecified atom stereocenters. The summed E-state index contributed by atoms with van der Waals surface area (Å²) < 4.78 is 13.0. The van der Waals surface area contributed by atoms with Crippen molar-refractivity contribution >= 4 is 6.29 Å². The van der Waals surface area contributed by atoms with Gasteiger partial charge in [0.2, 0.25) is 0 Å². The molecular weight excluding hydrogens is 140 g/mol. The van der Waals surface area contributed by atoms with Crippen LogP contribution in [0.25, 0.3) is 0 Å². The Morgan fingerprint density at radius 3 is 2.30 bits per heavy atom. The van der Waals surface area contributed by atoms with Gasteiger partial charge in [0.15, 0.2) is 6.29 Å². The van der Waals surface area contributed by atoms with Crippen molar-refractivity contribution in [2.45, 2.75) is 18.3 Å². The minimum Gasteiger partial charge on any atom is -0.394 e. The summed E-state index contributed by atoms with van der Waals surface area (Å²) in [5.74, 6) is 0. The van der Waals surface area contributed by atoms with Gasteiger partial charge in [-0.25, -0.2) is 0 Å². The minimum absolute atomic E-state index is 0.0698. The Morgan fingerprint density at radius 2 is 2.00 bits per heavy atom. The fourth-order valence-electron chi connectivity index (χ4n) is 0.344. The maximum absolute atomic E-state index is 9.85. The molecular formula is C5H10O5. The van der Waals surface area contributed by atoms with Gasteiger partial charge in [-0.1, -0.05) is 0 Å². The zero-order valence-electron chi connectivity index (χ0n) is 7.01. The van der Waals surface area contributed by atoms with E-state index in [2.05, 4.69) is 0 Å². The van der Waals surface area contributed by atoms with Crippen molar-refractivity contribution in [2.75, 3.05) is 6.56 Å². The molecule has 0 amide bonds. The number of aldehydes is 1. The molecule has 60 valence electrons. The topological polar surface area (TPSA) is 98.0 Å². The highest BCUT2D eigenvalue weighted by Crippen LogP contribution is 1.96. The first kappa shape index (κ1) is 6.23. The molecule has 5 heteroatoms. The van der Waals surface area contributed by atoms with Gasteiger partial charge >= 0.3 is 0 Å². The van der Waals surface area contributed by atoms with Crippen LogP contribution in [0.3, 0.4) is 0 Å². The van der Waals surface area contributed by atoms with Crippen molar-refractivity contribution in [1.82, 2.24) is 0 Å². The Bertz CT molecular complexity index is 156. The highest BCUT2D eigenvalue weighted by molar-refractivity contribution is 5.56. The number of aliphatic hydroxyl groups excluding tert-OH is 3. The highest BCUT2D eigenvalue weighted by atomic mass is 16.4. The SMILES string of the molecule is [2H]C([2H])(O)[C@@H](O)[C@@H](O)[C@H](O)C=O. The Kier molecular flexibility index (Phi) is 2.71. The lowest BCUT2D eigenvalue weighted by Gasteiger charge is -2.16. The van der Waals surface area contributed by atoms with Gasteiger partial charge in [0.25, 0.3) is 0 Å². The zero-order valence-corrected chi connectivity index (χ0v) is 5.01. The molecule has 0 aromatic carbocycles. The second-order valence-electron chi connectivity index (χ2n) is 1.69. The van der Waals surface area contributed by atoms with E-state index in [1.807, 2.05) is 0 Å². The molecule has 0 radical (unpaired) electrons. The average molecular weight is 152 g/mol. The molecule has 10 heavy (non-hydrogen) atoms. The van der Waals surface area contributed by atoms with Gasteiger partial charge in [-0.15, -0.1) is 0 Å². The second kappa shape index (κ2) is 4.35. The summed E-state index contributed by atoms with van der Waals surface area (Å²) in [5, 5.41) is 34.7. The lowest BCUT2D eigenvalue weighted by Crippen LogP contribution is -2.40. The molecule has 0 fully saturated rings. The van der Waals surface area contributed by atoms with E-state index in [1.54, 1.807) is 0 Å². The molecule has 0 aromatic rings. The summed E-state index contributed by atoms with van der Waals surface area (Å²) in [6.45, 7) is -3.05. The number of hydrogen-bond donors (Lipinski definition) is 4. The van der Waals surface area contributed by atoms with E-state index in [4.69, 9.17) is 23.2 Å². The van der Waals surface area contributed by atoms with Gasteiger partial charge in [-0.2, -0.15) is 0 Å². The molecule has 0 heterocycles. The van der Waals surface area contributed by atoms with Gasteiger partial charge in [0.1, 0.15) is 18.3 Å². The Balaban J connectivity index is 4.28. The molecule has 0 aliphatic carbocycles. The number of hydrogen-bond acceptors (Lipinski definition) is 5. The lowest BCUT2D eigenvalue weighted by molar-refractivity contribution is -0.127. The van der Waals surface area contributed by atoms with E-state index >= 15 is 0 Å². The standard InChI is InChI=1S/C5H10O5/c6-1-3(8)5(10)4(9)2-7/h1,3-5,7-10H,2H2/t3-,4-,5+/m1/s1/i2D2. The smallest absolute Gasteiger partial charge is 0.151 e. The van der Waals surface area contributed by atoms with Crippen LogP contribution in [0.5, 0.6) is 0 Å². The fourth-order valence-corrected chi connectivity index (χ4v) is 0.344. The third-order valence-corrected chi connectivity index (χ3v) is 0.945. The van der Waals surface area contributed by atoms with E-state index in [1.165, 1.54) is 0 Å². The van der Waals surface area contributed by atoms with Crippen molar-refractivity contribution in [3.05, 3.63) is 0 Å². The molecule has 0 aromatic heterocycles. The quantitative estimate of drug-likeness (QED) is 0.328. The van der Waals surface area contributed by atoms with Crippen LogP contribution < -0.4 is 0 Å². The van der Waals surface area contributed by atoms with Crippen molar-refractivity contribution in [3.8, 4) is 0 Å². The largest absolute Gasteiger partial charge is 0.394 e. The third kappa shape index (κ3) is 2.40. The maximum Gasteiger partial charge on any atom is 0.151 e. The van der Waals surface area contributed by atoms with Crippen molar-refractivity contribution < 1.29 is 28.0 Å². The number of aliphatic hydroxyl groups is 4. The molecule has 0 saturated carbocycles. The zero-order chi connectivity index (χ0) is 9.94. The second-order valence-corrected chi connectivity index (χ2v) is 1.69. The van der Waals surface area contributed by atoms with E-state index in [9.17, 15) is 4.79 Å². The average Bonchev–Trinajstić information content (AvgIpc) is 1.98. The van der Waals surface area contributed by atoms with Crippen LogP contribution in [-0.4, -0.2) is 51.6 Å². The summed E-state index contributed by atoms with van der Waals surface area (Å²) in [4.78, 5) is 9.85. The van der Waals surface area contributed by atoms with E-state index < -0.39 is 24.9 Å². The first-order valence-electron chi connectivity index (χ1n) is 3.52. The maximum atomic E-state index is 9.85. The van der Waals surface area contributed by atoms with E-state index in [0.717, 1.165) is 0 Å². The van der Waals surface area contributed by atoms with Crippen LogP contribution in [0.4, 0.5) is 0 Å². The fraction of sp³-hybridized carbons (Fsp3) is 0.800. The minimum atomic E-state index is -3.05. The molecule has 0 aliphatic heterocycles. The van der Waals surface area contributed by atoms with E-state index in [-0.39, 0.29) is 6.29 Å². The predicted molar refractivity (Wildman–Crippen MR) is 31.2 cm³/mol. The molecule has 5 nitrogen and oxygen atoms in total. The first-order chi connectivity index (χ1) is 5.30. The van der Waals surface area contributed by atoms with E-state index in [0.29, 0.717) is 0 Å². The van der Waals surface area contributed by atoms with Crippen LogP contribution in [0.15, 0.2) is 0 Å². The van der Waals surface area contributed by atoms with Crippen LogP contribution >= 0.6 is 0 Å². The molecule has 0 saturated heterocycles. The molecule has 0 bridgehead atoms.